The summed E-state index contributed by atoms with van der Waals surface area (Å²) in [6.07, 6.45) is 2.90. The highest BCUT2D eigenvalue weighted by Crippen LogP contribution is 2.30. The van der Waals surface area contributed by atoms with Crippen LogP contribution in [-0.2, 0) is 10.0 Å². The number of sulfonamides is 1. The van der Waals surface area contributed by atoms with Gasteiger partial charge >= 0.3 is 0 Å². The molecule has 3 aromatic heterocycles. The molecule has 0 spiro atoms. The third-order valence-corrected chi connectivity index (χ3v) is 6.27. The van der Waals surface area contributed by atoms with Gasteiger partial charge in [-0.2, -0.15) is 9.61 Å². The number of aryl methyl sites for hydroxylation is 1. The van der Waals surface area contributed by atoms with Crippen LogP contribution >= 0.6 is 11.3 Å². The molecule has 1 aliphatic rings. The Morgan fingerprint density at radius 3 is 2.92 bits per heavy atom. The molecule has 0 aromatic carbocycles. The van der Waals surface area contributed by atoms with E-state index < -0.39 is 10.0 Å². The Labute approximate surface area is 142 Å². The molecule has 24 heavy (non-hydrogen) atoms. The van der Waals surface area contributed by atoms with E-state index >= 15 is 0 Å². The van der Waals surface area contributed by atoms with E-state index in [4.69, 9.17) is 4.52 Å². The molecule has 1 aliphatic heterocycles. The molecule has 0 bridgehead atoms. The molecule has 0 radical (unpaired) electrons. The van der Waals surface area contributed by atoms with Gasteiger partial charge in [-0.1, -0.05) is 16.5 Å². The van der Waals surface area contributed by atoms with Gasteiger partial charge in [-0.05, 0) is 19.8 Å². The van der Waals surface area contributed by atoms with Crippen molar-refractivity contribution in [3.05, 3.63) is 17.7 Å². The fourth-order valence-electron chi connectivity index (χ4n) is 2.91. The van der Waals surface area contributed by atoms with Crippen LogP contribution in [0, 0.1) is 6.92 Å². The van der Waals surface area contributed by atoms with Crippen molar-refractivity contribution >= 4 is 26.3 Å². The van der Waals surface area contributed by atoms with Crippen LogP contribution < -0.4 is 0 Å². The minimum Gasteiger partial charge on any atom is -0.361 e. The predicted molar refractivity (Wildman–Crippen MR) is 87.3 cm³/mol. The largest absolute Gasteiger partial charge is 0.361 e. The van der Waals surface area contributed by atoms with Crippen molar-refractivity contribution in [1.82, 2.24) is 29.3 Å². The van der Waals surface area contributed by atoms with Gasteiger partial charge in [-0.25, -0.2) is 12.7 Å². The number of aromatic nitrogens is 5. The van der Waals surface area contributed by atoms with Gasteiger partial charge in [-0.3, -0.25) is 0 Å². The van der Waals surface area contributed by atoms with Crippen molar-refractivity contribution in [3.63, 3.8) is 0 Å². The van der Waals surface area contributed by atoms with E-state index in [-0.39, 0.29) is 5.92 Å². The maximum atomic E-state index is 11.8. The molecular formula is C13H16N6O3S2. The van der Waals surface area contributed by atoms with E-state index in [1.807, 2.05) is 13.0 Å². The zero-order valence-electron chi connectivity index (χ0n) is 13.2. The summed E-state index contributed by atoms with van der Waals surface area (Å²) < 4.78 is 31.9. The van der Waals surface area contributed by atoms with Crippen LogP contribution in [0.2, 0.25) is 0 Å². The van der Waals surface area contributed by atoms with Gasteiger partial charge in [0, 0.05) is 25.1 Å². The summed E-state index contributed by atoms with van der Waals surface area (Å²) in [7, 11) is -3.20. The lowest BCUT2D eigenvalue weighted by Gasteiger charge is -2.29. The summed E-state index contributed by atoms with van der Waals surface area (Å²) in [5.74, 6) is 1.39. The maximum absolute atomic E-state index is 11.8. The van der Waals surface area contributed by atoms with Crippen molar-refractivity contribution in [3.8, 4) is 10.7 Å². The monoisotopic (exact) mass is 368 g/mol. The van der Waals surface area contributed by atoms with Crippen LogP contribution in [0.1, 0.15) is 30.3 Å². The zero-order valence-corrected chi connectivity index (χ0v) is 14.8. The Bertz CT molecular complexity index is 989. The molecule has 4 heterocycles. The van der Waals surface area contributed by atoms with Crippen LogP contribution in [0.5, 0.6) is 0 Å². The highest BCUT2D eigenvalue weighted by atomic mass is 32.2. The summed E-state index contributed by atoms with van der Waals surface area (Å²) in [5, 5.41) is 17.6. The predicted octanol–water partition coefficient (Wildman–Crippen LogP) is 1.29. The van der Waals surface area contributed by atoms with Crippen LogP contribution in [0.3, 0.4) is 0 Å². The number of hydrogen-bond acceptors (Lipinski definition) is 8. The molecule has 1 fully saturated rings. The summed E-state index contributed by atoms with van der Waals surface area (Å²) >= 11 is 1.38. The quantitative estimate of drug-likeness (QED) is 0.685. The van der Waals surface area contributed by atoms with Crippen LogP contribution in [-0.4, -0.2) is 57.0 Å². The van der Waals surface area contributed by atoms with Crippen LogP contribution in [0.15, 0.2) is 10.6 Å². The SMILES string of the molecule is Cc1cc(-c2nn3c(C4CCCN(S(C)(=O)=O)C4)nnc3s2)no1. The number of nitrogens with zero attached hydrogens (tertiary/aromatic N) is 6. The maximum Gasteiger partial charge on any atom is 0.235 e. The first-order valence-corrected chi connectivity index (χ1v) is 10.2. The molecule has 128 valence electrons. The normalized spacial score (nSPS) is 20.0. The van der Waals surface area contributed by atoms with Gasteiger partial charge in [0.1, 0.15) is 11.5 Å². The lowest BCUT2D eigenvalue weighted by molar-refractivity contribution is 0.309. The molecule has 4 rings (SSSR count). The van der Waals surface area contributed by atoms with E-state index in [0.29, 0.717) is 40.3 Å². The molecule has 0 N–H and O–H groups in total. The molecule has 1 atom stereocenters. The van der Waals surface area contributed by atoms with Crippen molar-refractivity contribution in [2.45, 2.75) is 25.7 Å². The van der Waals surface area contributed by atoms with E-state index in [0.717, 1.165) is 12.8 Å². The molecule has 0 amide bonds. The number of rotatable bonds is 3. The van der Waals surface area contributed by atoms with E-state index in [1.54, 1.807) is 4.52 Å². The molecule has 0 aliphatic carbocycles. The Morgan fingerprint density at radius 2 is 2.21 bits per heavy atom. The van der Waals surface area contributed by atoms with Gasteiger partial charge in [0.15, 0.2) is 10.8 Å². The first-order chi connectivity index (χ1) is 11.4. The van der Waals surface area contributed by atoms with E-state index in [2.05, 4.69) is 20.5 Å². The van der Waals surface area contributed by atoms with Crippen molar-refractivity contribution in [1.29, 1.82) is 0 Å². The highest BCUT2D eigenvalue weighted by molar-refractivity contribution is 7.88. The van der Waals surface area contributed by atoms with E-state index in [9.17, 15) is 8.42 Å². The lowest BCUT2D eigenvalue weighted by Crippen LogP contribution is -2.38. The first-order valence-electron chi connectivity index (χ1n) is 7.53. The fourth-order valence-corrected chi connectivity index (χ4v) is 4.62. The summed E-state index contributed by atoms with van der Waals surface area (Å²) in [6, 6.07) is 1.82. The molecule has 11 heteroatoms. The summed E-state index contributed by atoms with van der Waals surface area (Å²) in [4.78, 5) is 0.664. The van der Waals surface area contributed by atoms with Crippen molar-refractivity contribution in [2.24, 2.45) is 0 Å². The fraction of sp³-hybridized carbons (Fsp3) is 0.538. The minimum atomic E-state index is -3.20. The molecular weight excluding hydrogens is 352 g/mol. The van der Waals surface area contributed by atoms with Crippen molar-refractivity contribution in [2.75, 3.05) is 19.3 Å². The van der Waals surface area contributed by atoms with E-state index in [1.165, 1.54) is 21.9 Å². The van der Waals surface area contributed by atoms with Gasteiger partial charge in [-0.15, -0.1) is 10.2 Å². The molecule has 1 unspecified atom stereocenters. The van der Waals surface area contributed by atoms with Gasteiger partial charge in [0.2, 0.25) is 15.0 Å². The number of piperidine rings is 1. The smallest absolute Gasteiger partial charge is 0.235 e. The average Bonchev–Trinajstić information content (AvgIpc) is 3.21. The Hall–Kier alpha value is -1.85. The average molecular weight is 368 g/mol. The van der Waals surface area contributed by atoms with Gasteiger partial charge in [0.25, 0.3) is 0 Å². The molecule has 9 nitrogen and oxygen atoms in total. The second-order valence-corrected chi connectivity index (χ2v) is 8.88. The topological polar surface area (TPSA) is 106 Å². The first kappa shape index (κ1) is 15.7. The lowest BCUT2D eigenvalue weighted by atomic mass is 9.99. The minimum absolute atomic E-state index is 0.0162. The number of hydrogen-bond donors (Lipinski definition) is 0. The summed E-state index contributed by atoms with van der Waals surface area (Å²) in [5.41, 5.74) is 0.662. The molecule has 3 aromatic rings. The van der Waals surface area contributed by atoms with Crippen LogP contribution in [0.25, 0.3) is 15.7 Å². The van der Waals surface area contributed by atoms with Gasteiger partial charge < -0.3 is 4.52 Å². The Balaban J connectivity index is 1.68. The Kier molecular flexibility index (Phi) is 3.66. The van der Waals surface area contributed by atoms with Gasteiger partial charge in [0.05, 0.1) is 6.26 Å². The third-order valence-electron chi connectivity index (χ3n) is 4.08. The summed E-state index contributed by atoms with van der Waals surface area (Å²) in [6.45, 7) is 2.79. The zero-order chi connectivity index (χ0) is 16.9. The van der Waals surface area contributed by atoms with Crippen LogP contribution in [0.4, 0.5) is 0 Å². The standard InChI is InChI=1S/C13H16N6O3S2/c1-8-6-10(17-22-8)12-16-19-11(14-15-13(19)23-12)9-4-3-5-18(7-9)24(2,20)21/h6,9H,3-5,7H2,1-2H3. The molecule has 1 saturated heterocycles. The second kappa shape index (κ2) is 5.60. The third kappa shape index (κ3) is 2.72. The second-order valence-electron chi connectivity index (χ2n) is 5.94. The molecule has 0 saturated carbocycles. The van der Waals surface area contributed by atoms with Crippen molar-refractivity contribution < 1.29 is 12.9 Å². The highest BCUT2D eigenvalue weighted by Gasteiger charge is 2.30. The Morgan fingerprint density at radius 1 is 1.38 bits per heavy atom. The number of fused-ring (bicyclic) bond motifs is 1.